The third kappa shape index (κ3) is 5.31. The smallest absolute Gasteiger partial charge is 0.303 e. The van der Waals surface area contributed by atoms with Crippen molar-refractivity contribution in [3.63, 3.8) is 0 Å². The van der Waals surface area contributed by atoms with E-state index in [1.807, 2.05) is 19.1 Å². The molecule has 0 heterocycles. The summed E-state index contributed by atoms with van der Waals surface area (Å²) < 4.78 is 0. The van der Waals surface area contributed by atoms with Gasteiger partial charge in [-0.3, -0.25) is 9.59 Å². The van der Waals surface area contributed by atoms with E-state index in [9.17, 15) is 9.59 Å². The molecule has 102 valence electrons. The topological polar surface area (TPSA) is 92.4 Å². The number of hydrogen-bond donors (Lipinski definition) is 3. The summed E-state index contributed by atoms with van der Waals surface area (Å²) in [6, 6.07) is -0.00441. The zero-order valence-electron chi connectivity index (χ0n) is 10.8. The Labute approximate surface area is 107 Å². The highest BCUT2D eigenvalue weighted by Crippen LogP contribution is 2.16. The lowest BCUT2D eigenvalue weighted by molar-refractivity contribution is -0.137. The van der Waals surface area contributed by atoms with Gasteiger partial charge in [0, 0.05) is 19.0 Å². The van der Waals surface area contributed by atoms with Crippen molar-refractivity contribution in [1.82, 2.24) is 5.32 Å². The first-order chi connectivity index (χ1) is 8.49. The Bertz CT molecular complexity index is 328. The van der Waals surface area contributed by atoms with E-state index in [0.717, 1.165) is 6.42 Å². The summed E-state index contributed by atoms with van der Waals surface area (Å²) in [4.78, 5) is 22.1. The Kier molecular flexibility index (Phi) is 5.85. The third-order valence-corrected chi connectivity index (χ3v) is 3.24. The normalized spacial score (nSPS) is 23.9. The molecule has 0 fully saturated rings. The number of carboxylic acids is 1. The van der Waals surface area contributed by atoms with Crippen molar-refractivity contribution in [2.75, 3.05) is 6.54 Å². The molecular formula is C13H22N2O3. The predicted molar refractivity (Wildman–Crippen MR) is 68.9 cm³/mol. The van der Waals surface area contributed by atoms with E-state index in [4.69, 9.17) is 10.8 Å². The highest BCUT2D eigenvalue weighted by atomic mass is 16.4. The van der Waals surface area contributed by atoms with Crippen LogP contribution < -0.4 is 11.1 Å². The molecule has 0 aromatic carbocycles. The molecule has 1 amide bonds. The van der Waals surface area contributed by atoms with Crippen molar-refractivity contribution in [2.45, 2.75) is 38.6 Å². The van der Waals surface area contributed by atoms with Crippen LogP contribution in [0.4, 0.5) is 0 Å². The fourth-order valence-electron chi connectivity index (χ4n) is 2.01. The molecular weight excluding hydrogens is 232 g/mol. The Morgan fingerprint density at radius 1 is 1.44 bits per heavy atom. The minimum Gasteiger partial charge on any atom is -0.481 e. The summed E-state index contributed by atoms with van der Waals surface area (Å²) in [5.41, 5.74) is 5.69. The van der Waals surface area contributed by atoms with Crippen molar-refractivity contribution in [1.29, 1.82) is 0 Å². The highest BCUT2D eigenvalue weighted by Gasteiger charge is 2.22. The van der Waals surface area contributed by atoms with Crippen molar-refractivity contribution >= 4 is 11.9 Å². The molecule has 5 nitrogen and oxygen atoms in total. The number of carboxylic acid groups (broad SMARTS) is 1. The maximum absolute atomic E-state index is 11.7. The first-order valence-electron chi connectivity index (χ1n) is 6.42. The monoisotopic (exact) mass is 254 g/mol. The van der Waals surface area contributed by atoms with E-state index in [1.165, 1.54) is 0 Å². The minimum atomic E-state index is -0.768. The summed E-state index contributed by atoms with van der Waals surface area (Å²) in [6.07, 6.45) is 6.05. The number of carbonyl (C=O) groups excluding carboxylic acids is 1. The van der Waals surface area contributed by atoms with Crippen LogP contribution in [0, 0.1) is 11.8 Å². The molecule has 1 rings (SSSR count). The van der Waals surface area contributed by atoms with E-state index in [0.29, 0.717) is 25.3 Å². The fraction of sp³-hybridized carbons (Fsp3) is 0.692. The maximum Gasteiger partial charge on any atom is 0.303 e. The summed E-state index contributed by atoms with van der Waals surface area (Å²) in [7, 11) is 0. The second-order valence-corrected chi connectivity index (χ2v) is 5.01. The van der Waals surface area contributed by atoms with Crippen molar-refractivity contribution in [3.8, 4) is 0 Å². The SMILES string of the molecule is CC(CCNC(=O)C1C=CC(N)C1)CCC(=O)O. The van der Waals surface area contributed by atoms with Gasteiger partial charge in [-0.25, -0.2) is 0 Å². The third-order valence-electron chi connectivity index (χ3n) is 3.24. The number of carbonyl (C=O) groups is 2. The molecule has 0 aliphatic heterocycles. The average Bonchev–Trinajstić information content (AvgIpc) is 2.73. The lowest BCUT2D eigenvalue weighted by Crippen LogP contribution is -2.32. The number of aliphatic carboxylic acids is 1. The second kappa shape index (κ2) is 7.16. The summed E-state index contributed by atoms with van der Waals surface area (Å²) in [5, 5.41) is 11.4. The first kappa shape index (κ1) is 14.7. The van der Waals surface area contributed by atoms with E-state index in [-0.39, 0.29) is 24.3 Å². The summed E-state index contributed by atoms with van der Waals surface area (Å²) in [6.45, 7) is 2.60. The molecule has 3 unspecified atom stereocenters. The van der Waals surface area contributed by atoms with Crippen LogP contribution in [0.5, 0.6) is 0 Å². The van der Waals surface area contributed by atoms with E-state index >= 15 is 0 Å². The Balaban J connectivity index is 2.12. The molecule has 3 atom stereocenters. The van der Waals surface area contributed by atoms with E-state index in [1.54, 1.807) is 0 Å². The quantitative estimate of drug-likeness (QED) is 0.588. The van der Waals surface area contributed by atoms with Gasteiger partial charge in [0.1, 0.15) is 0 Å². The molecule has 5 heteroatoms. The Morgan fingerprint density at radius 2 is 2.17 bits per heavy atom. The molecule has 0 spiro atoms. The predicted octanol–water partition coefficient (Wildman–Crippen LogP) is 0.897. The van der Waals surface area contributed by atoms with Gasteiger partial charge in [-0.1, -0.05) is 19.1 Å². The molecule has 0 saturated heterocycles. The van der Waals surface area contributed by atoms with Gasteiger partial charge < -0.3 is 16.2 Å². The summed E-state index contributed by atoms with van der Waals surface area (Å²) in [5.74, 6) is -0.544. The molecule has 0 radical (unpaired) electrons. The lowest BCUT2D eigenvalue weighted by atomic mass is 10.0. The van der Waals surface area contributed by atoms with Crippen LogP contribution in [0.15, 0.2) is 12.2 Å². The number of rotatable bonds is 7. The van der Waals surface area contributed by atoms with Crippen LogP contribution in [0.2, 0.25) is 0 Å². The van der Waals surface area contributed by atoms with Gasteiger partial charge in [0.2, 0.25) is 5.91 Å². The molecule has 0 bridgehead atoms. The first-order valence-corrected chi connectivity index (χ1v) is 6.42. The number of nitrogens with two attached hydrogens (primary N) is 1. The Hall–Kier alpha value is -1.36. The van der Waals surface area contributed by atoms with Gasteiger partial charge in [0.05, 0.1) is 5.92 Å². The van der Waals surface area contributed by atoms with Gasteiger partial charge in [-0.05, 0) is 25.2 Å². The van der Waals surface area contributed by atoms with Crippen molar-refractivity contribution in [3.05, 3.63) is 12.2 Å². The molecule has 4 N–H and O–H groups in total. The molecule has 0 saturated carbocycles. The average molecular weight is 254 g/mol. The highest BCUT2D eigenvalue weighted by molar-refractivity contribution is 5.81. The maximum atomic E-state index is 11.7. The van der Waals surface area contributed by atoms with E-state index < -0.39 is 5.97 Å². The zero-order valence-corrected chi connectivity index (χ0v) is 10.8. The number of nitrogens with one attached hydrogen (secondary N) is 1. The molecule has 0 aromatic heterocycles. The van der Waals surface area contributed by atoms with Gasteiger partial charge in [0.15, 0.2) is 0 Å². The molecule has 18 heavy (non-hydrogen) atoms. The number of amides is 1. The minimum absolute atomic E-state index is 0.00441. The van der Waals surface area contributed by atoms with Crippen molar-refractivity contribution < 1.29 is 14.7 Å². The number of hydrogen-bond acceptors (Lipinski definition) is 3. The van der Waals surface area contributed by atoms with E-state index in [2.05, 4.69) is 5.32 Å². The van der Waals surface area contributed by atoms with Crippen LogP contribution in [0.1, 0.15) is 32.6 Å². The van der Waals surface area contributed by atoms with Crippen LogP contribution in [-0.4, -0.2) is 29.6 Å². The van der Waals surface area contributed by atoms with Crippen LogP contribution in [-0.2, 0) is 9.59 Å². The summed E-state index contributed by atoms with van der Waals surface area (Å²) >= 11 is 0. The van der Waals surface area contributed by atoms with Crippen molar-refractivity contribution in [2.24, 2.45) is 17.6 Å². The van der Waals surface area contributed by atoms with Crippen LogP contribution in [0.25, 0.3) is 0 Å². The van der Waals surface area contributed by atoms with Gasteiger partial charge in [-0.2, -0.15) is 0 Å². The van der Waals surface area contributed by atoms with Gasteiger partial charge >= 0.3 is 5.97 Å². The van der Waals surface area contributed by atoms with Crippen LogP contribution >= 0.6 is 0 Å². The molecule has 1 aliphatic rings. The van der Waals surface area contributed by atoms with Gasteiger partial charge in [0.25, 0.3) is 0 Å². The molecule has 0 aromatic rings. The lowest BCUT2D eigenvalue weighted by Gasteiger charge is -2.13. The molecule has 1 aliphatic carbocycles. The zero-order chi connectivity index (χ0) is 13.5. The largest absolute Gasteiger partial charge is 0.481 e. The van der Waals surface area contributed by atoms with Gasteiger partial charge in [-0.15, -0.1) is 0 Å². The van der Waals surface area contributed by atoms with Crippen LogP contribution in [0.3, 0.4) is 0 Å². The standard InChI is InChI=1S/C13H22N2O3/c1-9(2-5-12(16)17)6-7-15-13(18)10-3-4-11(14)8-10/h3-4,9-11H,2,5-8,14H2,1H3,(H,15,18)(H,16,17). The fourth-order valence-corrected chi connectivity index (χ4v) is 2.01. The Morgan fingerprint density at radius 3 is 2.72 bits per heavy atom. The second-order valence-electron chi connectivity index (χ2n) is 5.01.